The minimum absolute atomic E-state index is 0.356. The summed E-state index contributed by atoms with van der Waals surface area (Å²) in [6.07, 6.45) is 1.11. The van der Waals surface area contributed by atoms with Crippen molar-refractivity contribution in [3.8, 4) is 28.4 Å². The van der Waals surface area contributed by atoms with Gasteiger partial charge in [-0.15, -0.1) is 0 Å². The molecule has 31 heavy (non-hydrogen) atoms. The van der Waals surface area contributed by atoms with E-state index in [2.05, 4.69) is 13.2 Å². The topological polar surface area (TPSA) is 61.8 Å². The Morgan fingerprint density at radius 2 is 1.26 bits per heavy atom. The monoisotopic (exact) mass is 414 g/mol. The van der Waals surface area contributed by atoms with Gasteiger partial charge in [-0.25, -0.2) is 9.59 Å². The van der Waals surface area contributed by atoms with Gasteiger partial charge in [0.1, 0.15) is 23.9 Å². The van der Waals surface area contributed by atoms with Crippen LogP contribution in [0.4, 0.5) is 0 Å². The molecule has 5 heteroatoms. The minimum atomic E-state index is -0.503. The van der Waals surface area contributed by atoms with Crippen LogP contribution < -0.4 is 14.2 Å². The molecule has 3 rings (SSSR count). The second kappa shape index (κ2) is 10.1. The summed E-state index contributed by atoms with van der Waals surface area (Å²) in [6.45, 7) is 8.95. The van der Waals surface area contributed by atoms with Crippen molar-refractivity contribution in [3.05, 3.63) is 103 Å². The summed E-state index contributed by atoms with van der Waals surface area (Å²) in [5, 5.41) is 0. The van der Waals surface area contributed by atoms with Crippen molar-refractivity contribution in [2.45, 2.75) is 13.5 Å². The number of hydrogen-bond donors (Lipinski definition) is 0. The standard InChI is InChI=1S/C26H22O5/c1-4-25(27)30-23-15-13-22(14-16-23)29-17-19-5-7-20(8-6-19)21-9-11-24(12-10-21)31-26(28)18(2)3/h4-16H,1-2,17H2,3H3. The Hall–Kier alpha value is -4.12. The quantitative estimate of drug-likeness (QED) is 0.276. The van der Waals surface area contributed by atoms with E-state index in [1.165, 1.54) is 0 Å². The summed E-state index contributed by atoms with van der Waals surface area (Å²) in [7, 11) is 0. The maximum atomic E-state index is 11.6. The number of carbonyl (C=O) groups excluding carboxylic acids is 2. The van der Waals surface area contributed by atoms with Gasteiger partial charge in [0.15, 0.2) is 0 Å². The minimum Gasteiger partial charge on any atom is -0.489 e. The van der Waals surface area contributed by atoms with Crippen molar-refractivity contribution < 1.29 is 23.8 Å². The van der Waals surface area contributed by atoms with Gasteiger partial charge in [-0.3, -0.25) is 0 Å². The van der Waals surface area contributed by atoms with Crippen LogP contribution in [0.25, 0.3) is 11.1 Å². The molecule has 0 saturated heterocycles. The number of carbonyl (C=O) groups is 2. The number of esters is 2. The summed E-state index contributed by atoms with van der Waals surface area (Å²) in [6, 6.07) is 22.1. The van der Waals surface area contributed by atoms with Crippen molar-refractivity contribution >= 4 is 11.9 Å². The zero-order valence-corrected chi connectivity index (χ0v) is 17.2. The number of ether oxygens (including phenoxy) is 3. The van der Waals surface area contributed by atoms with Crippen molar-refractivity contribution in [1.29, 1.82) is 0 Å². The van der Waals surface area contributed by atoms with E-state index in [4.69, 9.17) is 14.2 Å². The molecule has 3 aromatic carbocycles. The Morgan fingerprint density at radius 1 is 0.774 bits per heavy atom. The Labute approximate surface area is 181 Å². The number of rotatable bonds is 8. The second-order valence-electron chi connectivity index (χ2n) is 6.78. The molecule has 3 aromatic rings. The van der Waals surface area contributed by atoms with Crippen LogP contribution in [0.1, 0.15) is 12.5 Å². The molecule has 0 saturated carbocycles. The molecule has 0 aromatic heterocycles. The van der Waals surface area contributed by atoms with Gasteiger partial charge in [-0.1, -0.05) is 49.6 Å². The molecule has 0 aliphatic heterocycles. The summed E-state index contributed by atoms with van der Waals surface area (Å²) in [4.78, 5) is 22.8. The van der Waals surface area contributed by atoms with Gasteiger partial charge in [0.25, 0.3) is 0 Å². The molecule has 0 radical (unpaired) electrons. The first-order valence-corrected chi connectivity index (χ1v) is 9.59. The lowest BCUT2D eigenvalue weighted by Crippen LogP contribution is -2.07. The lowest BCUT2D eigenvalue weighted by Gasteiger charge is -2.09. The molecule has 0 fully saturated rings. The fourth-order valence-electron chi connectivity index (χ4n) is 2.63. The van der Waals surface area contributed by atoms with Crippen LogP contribution in [0.5, 0.6) is 17.2 Å². The molecule has 0 aliphatic rings. The van der Waals surface area contributed by atoms with E-state index in [0.717, 1.165) is 22.8 Å². The third-order valence-electron chi connectivity index (χ3n) is 4.31. The summed E-state index contributed by atoms with van der Waals surface area (Å²) >= 11 is 0. The normalized spacial score (nSPS) is 10.1. The van der Waals surface area contributed by atoms with E-state index in [1.807, 2.05) is 36.4 Å². The Morgan fingerprint density at radius 3 is 1.81 bits per heavy atom. The van der Waals surface area contributed by atoms with Gasteiger partial charge in [-0.05, 0) is 60.0 Å². The molecule has 0 unspecified atom stereocenters. The van der Waals surface area contributed by atoms with Gasteiger partial charge >= 0.3 is 11.9 Å². The third kappa shape index (κ3) is 6.18. The number of hydrogen-bond acceptors (Lipinski definition) is 5. The van der Waals surface area contributed by atoms with Crippen LogP contribution in [0.15, 0.2) is 97.6 Å². The van der Waals surface area contributed by atoms with Crippen LogP contribution in [-0.4, -0.2) is 11.9 Å². The average molecular weight is 414 g/mol. The van der Waals surface area contributed by atoms with Gasteiger partial charge in [0, 0.05) is 11.6 Å². The molecule has 0 bridgehead atoms. The Kier molecular flexibility index (Phi) is 7.01. The lowest BCUT2D eigenvalue weighted by atomic mass is 10.0. The summed E-state index contributed by atoms with van der Waals surface area (Å²) in [5.74, 6) is 0.636. The molecule has 156 valence electrons. The van der Waals surface area contributed by atoms with Crippen molar-refractivity contribution in [1.82, 2.24) is 0 Å². The average Bonchev–Trinajstić information content (AvgIpc) is 2.79. The van der Waals surface area contributed by atoms with Crippen LogP contribution in [-0.2, 0) is 16.2 Å². The van der Waals surface area contributed by atoms with Crippen molar-refractivity contribution in [2.75, 3.05) is 0 Å². The summed E-state index contributed by atoms with van der Waals surface area (Å²) in [5.41, 5.74) is 3.41. The van der Waals surface area contributed by atoms with Crippen molar-refractivity contribution in [2.24, 2.45) is 0 Å². The van der Waals surface area contributed by atoms with Gasteiger partial charge in [-0.2, -0.15) is 0 Å². The van der Waals surface area contributed by atoms with E-state index in [0.29, 0.717) is 29.4 Å². The molecule has 0 spiro atoms. The SMILES string of the molecule is C=CC(=O)Oc1ccc(OCc2ccc(-c3ccc(OC(=O)C(=C)C)cc3)cc2)cc1. The molecule has 0 heterocycles. The van der Waals surface area contributed by atoms with E-state index >= 15 is 0 Å². The fraction of sp³-hybridized carbons (Fsp3) is 0.0769. The van der Waals surface area contributed by atoms with Crippen LogP contribution in [0, 0.1) is 0 Å². The van der Waals surface area contributed by atoms with Crippen LogP contribution in [0.2, 0.25) is 0 Å². The third-order valence-corrected chi connectivity index (χ3v) is 4.31. The Bertz CT molecular complexity index is 1080. The largest absolute Gasteiger partial charge is 0.489 e. The van der Waals surface area contributed by atoms with Gasteiger partial charge in [0.2, 0.25) is 0 Å². The Balaban J connectivity index is 1.56. The highest BCUT2D eigenvalue weighted by Gasteiger charge is 2.06. The van der Waals surface area contributed by atoms with Crippen LogP contribution in [0.3, 0.4) is 0 Å². The molecule has 0 N–H and O–H groups in total. The summed E-state index contributed by atoms with van der Waals surface area (Å²) < 4.78 is 16.0. The van der Waals surface area contributed by atoms with E-state index in [1.54, 1.807) is 43.3 Å². The van der Waals surface area contributed by atoms with Gasteiger partial charge in [0.05, 0.1) is 0 Å². The first-order chi connectivity index (χ1) is 14.9. The zero-order valence-electron chi connectivity index (χ0n) is 17.2. The highest BCUT2D eigenvalue weighted by Crippen LogP contribution is 2.24. The molecule has 0 amide bonds. The van der Waals surface area contributed by atoms with E-state index < -0.39 is 11.9 Å². The maximum absolute atomic E-state index is 11.6. The van der Waals surface area contributed by atoms with Gasteiger partial charge < -0.3 is 14.2 Å². The van der Waals surface area contributed by atoms with Crippen LogP contribution >= 0.6 is 0 Å². The number of benzene rings is 3. The first-order valence-electron chi connectivity index (χ1n) is 9.59. The molecule has 0 aliphatic carbocycles. The zero-order chi connectivity index (χ0) is 22.2. The lowest BCUT2D eigenvalue weighted by molar-refractivity contribution is -0.130. The predicted molar refractivity (Wildman–Crippen MR) is 119 cm³/mol. The molecular weight excluding hydrogens is 392 g/mol. The molecule has 0 atom stereocenters. The fourth-order valence-corrected chi connectivity index (χ4v) is 2.63. The van der Waals surface area contributed by atoms with E-state index in [-0.39, 0.29) is 0 Å². The first kappa shape index (κ1) is 21.6. The smallest absolute Gasteiger partial charge is 0.338 e. The predicted octanol–water partition coefficient (Wildman–Crippen LogP) is 5.51. The highest BCUT2D eigenvalue weighted by atomic mass is 16.5. The highest BCUT2D eigenvalue weighted by molar-refractivity contribution is 5.88. The molecule has 5 nitrogen and oxygen atoms in total. The van der Waals surface area contributed by atoms with Crippen molar-refractivity contribution in [3.63, 3.8) is 0 Å². The second-order valence-corrected chi connectivity index (χ2v) is 6.78. The molecular formula is C26H22O5. The maximum Gasteiger partial charge on any atom is 0.338 e. The van der Waals surface area contributed by atoms with E-state index in [9.17, 15) is 9.59 Å².